The molecular formula is C17H18N4S. The Labute approximate surface area is 133 Å². The zero-order chi connectivity index (χ0) is 14.8. The van der Waals surface area contributed by atoms with Gasteiger partial charge in [-0.3, -0.25) is 10.1 Å². The summed E-state index contributed by atoms with van der Waals surface area (Å²) in [7, 11) is 0. The minimum atomic E-state index is 0.464. The molecule has 1 aliphatic rings. The molecule has 0 radical (unpaired) electrons. The first kappa shape index (κ1) is 13.7. The number of hydrogen-bond donors (Lipinski definition) is 2. The second-order valence-corrected chi connectivity index (χ2v) is 6.64. The number of pyridine rings is 1. The summed E-state index contributed by atoms with van der Waals surface area (Å²) >= 11 is 1.89. The molecule has 3 aromatic heterocycles. The standard InChI is InChI=1S/C17H18N4S/c1-4-15(14-6-8-22-16(14)5-1)19-10-13-11-20-21-17(13)12-3-2-7-18-9-12/h2-3,6-9,11,15,19H,1,4-5,10H2,(H,20,21). The molecule has 0 saturated carbocycles. The van der Waals surface area contributed by atoms with Gasteiger partial charge in [0, 0.05) is 41.0 Å². The number of aryl methyl sites for hydroxylation is 1. The van der Waals surface area contributed by atoms with Gasteiger partial charge >= 0.3 is 0 Å². The van der Waals surface area contributed by atoms with Crippen LogP contribution in [0.2, 0.25) is 0 Å². The maximum atomic E-state index is 4.21. The van der Waals surface area contributed by atoms with Crippen molar-refractivity contribution in [3.8, 4) is 11.3 Å². The third kappa shape index (κ3) is 2.58. The van der Waals surface area contributed by atoms with E-state index < -0.39 is 0 Å². The van der Waals surface area contributed by atoms with Gasteiger partial charge in [-0.2, -0.15) is 5.10 Å². The van der Waals surface area contributed by atoms with Gasteiger partial charge in [0.15, 0.2) is 0 Å². The largest absolute Gasteiger partial charge is 0.306 e. The van der Waals surface area contributed by atoms with E-state index in [-0.39, 0.29) is 0 Å². The number of fused-ring (bicyclic) bond motifs is 1. The van der Waals surface area contributed by atoms with Gasteiger partial charge < -0.3 is 5.32 Å². The highest BCUT2D eigenvalue weighted by atomic mass is 32.1. The van der Waals surface area contributed by atoms with Crippen LogP contribution >= 0.6 is 11.3 Å². The van der Waals surface area contributed by atoms with Gasteiger partial charge in [-0.1, -0.05) is 0 Å². The van der Waals surface area contributed by atoms with Crippen molar-refractivity contribution in [1.82, 2.24) is 20.5 Å². The van der Waals surface area contributed by atoms with E-state index in [9.17, 15) is 0 Å². The third-order valence-corrected chi connectivity index (χ3v) is 5.26. The van der Waals surface area contributed by atoms with Crippen molar-refractivity contribution in [2.24, 2.45) is 0 Å². The Kier molecular flexibility index (Phi) is 3.74. The van der Waals surface area contributed by atoms with Crippen molar-refractivity contribution in [3.05, 3.63) is 58.2 Å². The second-order valence-electron chi connectivity index (χ2n) is 5.64. The lowest BCUT2D eigenvalue weighted by Gasteiger charge is -2.23. The molecule has 0 bridgehead atoms. The molecule has 22 heavy (non-hydrogen) atoms. The zero-order valence-corrected chi connectivity index (χ0v) is 13.1. The Morgan fingerprint density at radius 2 is 2.32 bits per heavy atom. The molecule has 1 unspecified atom stereocenters. The van der Waals surface area contributed by atoms with E-state index in [1.54, 1.807) is 11.1 Å². The van der Waals surface area contributed by atoms with Crippen LogP contribution in [0.25, 0.3) is 11.3 Å². The predicted octanol–water partition coefficient (Wildman–Crippen LogP) is 3.70. The summed E-state index contributed by atoms with van der Waals surface area (Å²) < 4.78 is 0. The molecule has 0 amide bonds. The Morgan fingerprint density at radius 1 is 1.32 bits per heavy atom. The molecular weight excluding hydrogens is 292 g/mol. The lowest BCUT2D eigenvalue weighted by molar-refractivity contribution is 0.463. The van der Waals surface area contributed by atoms with E-state index >= 15 is 0 Å². The van der Waals surface area contributed by atoms with Crippen LogP contribution in [0.1, 0.15) is 34.9 Å². The van der Waals surface area contributed by atoms with E-state index in [0.717, 1.165) is 17.8 Å². The first-order valence-electron chi connectivity index (χ1n) is 7.64. The van der Waals surface area contributed by atoms with E-state index in [0.29, 0.717) is 6.04 Å². The lowest BCUT2D eigenvalue weighted by Crippen LogP contribution is -2.23. The molecule has 1 aliphatic carbocycles. The highest BCUT2D eigenvalue weighted by Gasteiger charge is 2.21. The number of aromatic nitrogens is 3. The lowest BCUT2D eigenvalue weighted by atomic mass is 9.94. The molecule has 5 heteroatoms. The highest BCUT2D eigenvalue weighted by Crippen LogP contribution is 2.33. The Balaban J connectivity index is 1.51. The second kappa shape index (κ2) is 6.02. The van der Waals surface area contributed by atoms with Crippen molar-refractivity contribution in [2.45, 2.75) is 31.8 Å². The van der Waals surface area contributed by atoms with Crippen LogP contribution in [0.15, 0.2) is 42.2 Å². The van der Waals surface area contributed by atoms with E-state index in [1.807, 2.05) is 29.8 Å². The molecule has 0 spiro atoms. The zero-order valence-electron chi connectivity index (χ0n) is 12.2. The fourth-order valence-electron chi connectivity index (χ4n) is 3.14. The summed E-state index contributed by atoms with van der Waals surface area (Å²) in [6.45, 7) is 0.820. The van der Waals surface area contributed by atoms with Crippen LogP contribution < -0.4 is 5.32 Å². The van der Waals surface area contributed by atoms with Crippen LogP contribution in [-0.4, -0.2) is 15.2 Å². The monoisotopic (exact) mass is 310 g/mol. The van der Waals surface area contributed by atoms with Crippen LogP contribution in [0.5, 0.6) is 0 Å². The third-order valence-electron chi connectivity index (χ3n) is 4.26. The molecule has 3 aromatic rings. The van der Waals surface area contributed by atoms with E-state index in [2.05, 4.69) is 38.0 Å². The minimum Gasteiger partial charge on any atom is -0.306 e. The summed E-state index contributed by atoms with van der Waals surface area (Å²) in [5.41, 5.74) is 4.82. The number of hydrogen-bond acceptors (Lipinski definition) is 4. The number of rotatable bonds is 4. The Morgan fingerprint density at radius 3 is 3.23 bits per heavy atom. The molecule has 0 aromatic carbocycles. The molecule has 1 atom stereocenters. The van der Waals surface area contributed by atoms with Gasteiger partial charge in [0.25, 0.3) is 0 Å². The summed E-state index contributed by atoms with van der Waals surface area (Å²) in [4.78, 5) is 5.73. The van der Waals surface area contributed by atoms with Crippen LogP contribution in [-0.2, 0) is 13.0 Å². The summed E-state index contributed by atoms with van der Waals surface area (Å²) in [6, 6.07) is 6.74. The molecule has 0 aliphatic heterocycles. The smallest absolute Gasteiger partial charge is 0.0710 e. The average Bonchev–Trinajstić information content (AvgIpc) is 3.23. The van der Waals surface area contributed by atoms with Gasteiger partial charge in [0.2, 0.25) is 0 Å². The maximum Gasteiger partial charge on any atom is 0.0710 e. The van der Waals surface area contributed by atoms with E-state index in [1.165, 1.54) is 30.4 Å². The van der Waals surface area contributed by atoms with Gasteiger partial charge in [-0.15, -0.1) is 11.3 Å². The number of aromatic amines is 1. The van der Waals surface area contributed by atoms with E-state index in [4.69, 9.17) is 0 Å². The average molecular weight is 310 g/mol. The number of thiophene rings is 1. The molecule has 2 N–H and O–H groups in total. The minimum absolute atomic E-state index is 0.464. The van der Waals surface area contributed by atoms with Crippen molar-refractivity contribution >= 4 is 11.3 Å². The SMILES string of the molecule is c1cncc(-c2[nH]ncc2CNC2CCCc3sccc32)c1. The van der Waals surface area contributed by atoms with Gasteiger partial charge in [0.1, 0.15) is 0 Å². The van der Waals surface area contributed by atoms with Crippen LogP contribution in [0, 0.1) is 0 Å². The molecule has 0 saturated heterocycles. The highest BCUT2D eigenvalue weighted by molar-refractivity contribution is 7.10. The number of H-pyrrole nitrogens is 1. The van der Waals surface area contributed by atoms with Crippen LogP contribution in [0.3, 0.4) is 0 Å². The Hall–Kier alpha value is -1.98. The molecule has 4 nitrogen and oxygen atoms in total. The van der Waals surface area contributed by atoms with Crippen molar-refractivity contribution < 1.29 is 0 Å². The Bertz CT molecular complexity index is 747. The summed E-state index contributed by atoms with van der Waals surface area (Å²) in [6.07, 6.45) is 9.28. The number of nitrogens with zero attached hydrogens (tertiary/aromatic N) is 2. The molecule has 0 fully saturated rings. The summed E-state index contributed by atoms with van der Waals surface area (Å²) in [5.74, 6) is 0. The van der Waals surface area contributed by atoms with Gasteiger partial charge in [-0.25, -0.2) is 0 Å². The topological polar surface area (TPSA) is 53.6 Å². The van der Waals surface area contributed by atoms with Crippen molar-refractivity contribution in [1.29, 1.82) is 0 Å². The normalized spacial score (nSPS) is 17.4. The molecule has 112 valence electrons. The molecule has 3 heterocycles. The molecule has 4 rings (SSSR count). The summed E-state index contributed by atoms with van der Waals surface area (Å²) in [5, 5.41) is 13.2. The maximum absolute atomic E-state index is 4.21. The van der Waals surface area contributed by atoms with Gasteiger partial charge in [-0.05, 0) is 48.4 Å². The quantitative estimate of drug-likeness (QED) is 0.772. The van der Waals surface area contributed by atoms with Crippen molar-refractivity contribution in [2.75, 3.05) is 0 Å². The van der Waals surface area contributed by atoms with Crippen molar-refractivity contribution in [3.63, 3.8) is 0 Å². The fraction of sp³-hybridized carbons (Fsp3) is 0.294. The fourth-order valence-corrected chi connectivity index (χ4v) is 4.12. The predicted molar refractivity (Wildman–Crippen MR) is 88.7 cm³/mol. The first-order chi connectivity index (χ1) is 10.9. The van der Waals surface area contributed by atoms with Crippen LogP contribution in [0.4, 0.5) is 0 Å². The van der Waals surface area contributed by atoms with Gasteiger partial charge in [0.05, 0.1) is 11.9 Å². The first-order valence-corrected chi connectivity index (χ1v) is 8.52. The number of nitrogens with one attached hydrogen (secondary N) is 2.